The van der Waals surface area contributed by atoms with Crippen LogP contribution in [0.2, 0.25) is 0 Å². The van der Waals surface area contributed by atoms with Gasteiger partial charge in [0, 0.05) is 5.56 Å². The van der Waals surface area contributed by atoms with E-state index in [0.717, 1.165) is 11.3 Å². The third kappa shape index (κ3) is 3.12. The second-order valence-corrected chi connectivity index (χ2v) is 8.77. The van der Waals surface area contributed by atoms with Crippen LogP contribution in [0.5, 0.6) is 11.5 Å². The Kier molecular flexibility index (Phi) is 4.59. The van der Waals surface area contributed by atoms with E-state index >= 15 is 0 Å². The lowest BCUT2D eigenvalue weighted by Gasteiger charge is -2.23. The standard InChI is InChI=1S/C25H15FN2O5S/c26-15-7-8-16-19(11-15)34-25(27-16)28-21(14-6-9-17-18(10-14)33-12-32-17)20(23(30)24(28)31)22(29)13-4-2-1-3-5-13/h1-11,21,29H,12H2. The second-order valence-electron chi connectivity index (χ2n) is 7.76. The zero-order valence-electron chi connectivity index (χ0n) is 17.4. The number of benzene rings is 3. The molecule has 0 radical (unpaired) electrons. The van der Waals surface area contributed by atoms with E-state index in [-0.39, 0.29) is 23.3 Å². The van der Waals surface area contributed by atoms with Crippen molar-refractivity contribution < 1.29 is 28.6 Å². The maximum atomic E-state index is 13.8. The summed E-state index contributed by atoms with van der Waals surface area (Å²) in [6.45, 7) is 0.0619. The molecule has 0 spiro atoms. The molecule has 3 heterocycles. The third-order valence-electron chi connectivity index (χ3n) is 5.75. The topological polar surface area (TPSA) is 89.0 Å². The van der Waals surface area contributed by atoms with Crippen LogP contribution in [-0.2, 0) is 9.59 Å². The van der Waals surface area contributed by atoms with Crippen molar-refractivity contribution in [2.45, 2.75) is 6.04 Å². The molecule has 34 heavy (non-hydrogen) atoms. The number of ether oxygens (including phenoxy) is 2. The van der Waals surface area contributed by atoms with Crippen molar-refractivity contribution in [3.8, 4) is 11.5 Å². The molecule has 3 aromatic carbocycles. The molecule has 6 rings (SSSR count). The Labute approximate surface area is 196 Å². The maximum absolute atomic E-state index is 13.8. The number of carbonyl (C=O) groups excluding carboxylic acids is 2. The Balaban J connectivity index is 1.57. The number of halogens is 1. The monoisotopic (exact) mass is 474 g/mol. The normalized spacial score (nSPS) is 18.7. The molecule has 7 nitrogen and oxygen atoms in total. The van der Waals surface area contributed by atoms with Crippen molar-refractivity contribution >= 4 is 44.1 Å². The first kappa shape index (κ1) is 20.4. The predicted octanol–water partition coefficient (Wildman–Crippen LogP) is 4.79. The van der Waals surface area contributed by atoms with Gasteiger partial charge in [-0.05, 0) is 35.9 Å². The Morgan fingerprint density at radius 3 is 2.65 bits per heavy atom. The molecule has 168 valence electrons. The maximum Gasteiger partial charge on any atom is 0.301 e. The van der Waals surface area contributed by atoms with Crippen molar-refractivity contribution in [1.82, 2.24) is 4.98 Å². The Hall–Kier alpha value is -4.24. The quantitative estimate of drug-likeness (QED) is 0.261. The SMILES string of the molecule is O=C1C(=O)N(c2nc3ccc(F)cc3s2)C(c2ccc3c(c2)OCO3)C1=C(O)c1ccccc1. The highest BCUT2D eigenvalue weighted by Gasteiger charge is 2.48. The van der Waals surface area contributed by atoms with Crippen LogP contribution in [-0.4, -0.2) is 28.6 Å². The molecule has 9 heteroatoms. The van der Waals surface area contributed by atoms with Crippen molar-refractivity contribution in [3.05, 3.63) is 89.2 Å². The number of aliphatic hydroxyl groups is 1. The van der Waals surface area contributed by atoms with Gasteiger partial charge in [0.15, 0.2) is 16.6 Å². The van der Waals surface area contributed by atoms with Crippen molar-refractivity contribution in [2.24, 2.45) is 0 Å². The Bertz CT molecular complexity index is 1510. The first-order valence-electron chi connectivity index (χ1n) is 10.3. The van der Waals surface area contributed by atoms with Crippen LogP contribution in [0.15, 0.2) is 72.3 Å². The lowest BCUT2D eigenvalue weighted by Crippen LogP contribution is -2.29. The van der Waals surface area contributed by atoms with Gasteiger partial charge in [0.2, 0.25) is 6.79 Å². The number of rotatable bonds is 3. The summed E-state index contributed by atoms with van der Waals surface area (Å²) >= 11 is 1.09. The molecule has 2 aliphatic rings. The molecule has 1 amide bonds. The van der Waals surface area contributed by atoms with Gasteiger partial charge in [0.1, 0.15) is 11.6 Å². The highest BCUT2D eigenvalue weighted by molar-refractivity contribution is 7.22. The molecule has 1 N–H and O–H groups in total. The summed E-state index contributed by atoms with van der Waals surface area (Å²) in [6.07, 6.45) is 0. The number of aromatic nitrogens is 1. The van der Waals surface area contributed by atoms with E-state index in [1.54, 1.807) is 48.5 Å². The van der Waals surface area contributed by atoms with E-state index in [9.17, 15) is 19.1 Å². The highest BCUT2D eigenvalue weighted by Crippen LogP contribution is 2.46. The van der Waals surface area contributed by atoms with Crippen LogP contribution in [0.4, 0.5) is 9.52 Å². The Morgan fingerprint density at radius 2 is 1.82 bits per heavy atom. The summed E-state index contributed by atoms with van der Waals surface area (Å²) in [5, 5.41) is 11.4. The van der Waals surface area contributed by atoms with E-state index in [0.29, 0.717) is 32.8 Å². The van der Waals surface area contributed by atoms with Gasteiger partial charge in [-0.25, -0.2) is 9.37 Å². The zero-order valence-corrected chi connectivity index (χ0v) is 18.2. The van der Waals surface area contributed by atoms with Gasteiger partial charge in [-0.15, -0.1) is 0 Å². The van der Waals surface area contributed by atoms with E-state index in [4.69, 9.17) is 9.47 Å². The number of amides is 1. The second kappa shape index (κ2) is 7.67. The zero-order chi connectivity index (χ0) is 23.4. The predicted molar refractivity (Wildman–Crippen MR) is 123 cm³/mol. The van der Waals surface area contributed by atoms with Crippen molar-refractivity contribution in [2.75, 3.05) is 11.7 Å². The fraction of sp³-hybridized carbons (Fsp3) is 0.0800. The van der Waals surface area contributed by atoms with Crippen LogP contribution in [0.25, 0.3) is 16.0 Å². The number of carbonyl (C=O) groups is 2. The molecule has 0 bridgehead atoms. The van der Waals surface area contributed by atoms with E-state index in [1.165, 1.54) is 23.1 Å². The van der Waals surface area contributed by atoms with Gasteiger partial charge < -0.3 is 14.6 Å². The molecule has 0 saturated carbocycles. The molecule has 4 aromatic rings. The summed E-state index contributed by atoms with van der Waals surface area (Å²) in [6, 6.07) is 16.8. The molecule has 1 saturated heterocycles. The van der Waals surface area contributed by atoms with Gasteiger partial charge in [0.25, 0.3) is 5.78 Å². The van der Waals surface area contributed by atoms with Crippen LogP contribution in [0.3, 0.4) is 0 Å². The fourth-order valence-corrected chi connectivity index (χ4v) is 5.19. The summed E-state index contributed by atoms with van der Waals surface area (Å²) in [7, 11) is 0. The van der Waals surface area contributed by atoms with E-state index < -0.39 is 23.5 Å². The van der Waals surface area contributed by atoms with Gasteiger partial charge >= 0.3 is 5.91 Å². The van der Waals surface area contributed by atoms with Gasteiger partial charge in [-0.1, -0.05) is 47.7 Å². The van der Waals surface area contributed by atoms with Crippen molar-refractivity contribution in [1.29, 1.82) is 0 Å². The first-order valence-corrected chi connectivity index (χ1v) is 11.1. The number of hydrogen-bond donors (Lipinski definition) is 1. The number of ketones is 1. The molecule has 1 fully saturated rings. The first-order chi connectivity index (χ1) is 16.5. The number of hydrogen-bond acceptors (Lipinski definition) is 7. The van der Waals surface area contributed by atoms with Gasteiger partial charge in [0.05, 0.1) is 21.8 Å². The number of nitrogens with zero attached hydrogens (tertiary/aromatic N) is 2. The lowest BCUT2D eigenvalue weighted by atomic mass is 9.95. The third-order valence-corrected chi connectivity index (χ3v) is 6.77. The summed E-state index contributed by atoms with van der Waals surface area (Å²) in [5.41, 5.74) is 1.36. The van der Waals surface area contributed by atoms with Crippen LogP contribution < -0.4 is 14.4 Å². The number of Topliss-reactive ketones (excluding diaryl/α,β-unsaturated/α-hetero) is 1. The van der Waals surface area contributed by atoms with Crippen LogP contribution in [0, 0.1) is 5.82 Å². The molecule has 1 aromatic heterocycles. The molecule has 0 aliphatic carbocycles. The summed E-state index contributed by atoms with van der Waals surface area (Å²) in [4.78, 5) is 32.3. The average molecular weight is 474 g/mol. The largest absolute Gasteiger partial charge is 0.507 e. The fourth-order valence-electron chi connectivity index (χ4n) is 4.17. The van der Waals surface area contributed by atoms with Crippen LogP contribution >= 0.6 is 11.3 Å². The molecular formula is C25H15FN2O5S. The highest BCUT2D eigenvalue weighted by atomic mass is 32.1. The number of thiazole rings is 1. The van der Waals surface area contributed by atoms with Gasteiger partial charge in [-0.3, -0.25) is 14.5 Å². The average Bonchev–Trinajstić information content (AvgIpc) is 3.55. The minimum absolute atomic E-state index is 0.0619. The smallest absolute Gasteiger partial charge is 0.301 e. The molecule has 1 unspecified atom stereocenters. The minimum Gasteiger partial charge on any atom is -0.507 e. The lowest BCUT2D eigenvalue weighted by molar-refractivity contribution is -0.132. The number of aliphatic hydroxyl groups excluding tert-OH is 1. The summed E-state index contributed by atoms with van der Waals surface area (Å²) < 4.78 is 25.2. The van der Waals surface area contributed by atoms with E-state index in [1.807, 2.05) is 0 Å². The number of anilines is 1. The molecule has 2 aliphatic heterocycles. The minimum atomic E-state index is -0.972. The van der Waals surface area contributed by atoms with Crippen molar-refractivity contribution in [3.63, 3.8) is 0 Å². The molecular weight excluding hydrogens is 459 g/mol. The van der Waals surface area contributed by atoms with Gasteiger partial charge in [-0.2, -0.15) is 0 Å². The summed E-state index contributed by atoms with van der Waals surface area (Å²) in [5.74, 6) is -1.39. The van der Waals surface area contributed by atoms with E-state index in [2.05, 4.69) is 4.98 Å². The number of fused-ring (bicyclic) bond motifs is 2. The molecule has 1 atom stereocenters. The van der Waals surface area contributed by atoms with Crippen LogP contribution in [0.1, 0.15) is 17.2 Å². The Morgan fingerprint density at radius 1 is 1.03 bits per heavy atom.